The lowest BCUT2D eigenvalue weighted by molar-refractivity contribution is 0.0546. The van der Waals surface area contributed by atoms with E-state index in [-0.39, 0.29) is 5.91 Å². The Morgan fingerprint density at radius 1 is 0.721 bits per heavy atom. The van der Waals surface area contributed by atoms with Gasteiger partial charge in [-0.2, -0.15) is 0 Å². The zero-order valence-corrected chi connectivity index (χ0v) is 25.6. The van der Waals surface area contributed by atoms with Crippen molar-refractivity contribution in [1.82, 2.24) is 10.4 Å². The Bertz CT molecular complexity index is 1890. The maximum absolute atomic E-state index is 14.1. The third-order valence-electron chi connectivity index (χ3n) is 9.46. The SMILES string of the molecule is CCN(CC)c1ccc2c3c(ccc2c1)C1(c2ccccc2C(=O)N1NC)c1ccc2cccc(N(CC)CC)c2c1O3. The van der Waals surface area contributed by atoms with Crippen molar-refractivity contribution in [3.05, 3.63) is 107 Å². The van der Waals surface area contributed by atoms with E-state index in [4.69, 9.17) is 4.74 Å². The molecule has 2 aliphatic rings. The molecule has 1 N–H and O–H groups in total. The zero-order chi connectivity index (χ0) is 29.9. The van der Waals surface area contributed by atoms with Crippen LogP contribution in [0.25, 0.3) is 21.5 Å². The van der Waals surface area contributed by atoms with Crippen LogP contribution in [0.4, 0.5) is 11.4 Å². The maximum Gasteiger partial charge on any atom is 0.269 e. The van der Waals surface area contributed by atoms with Gasteiger partial charge in [-0.3, -0.25) is 9.80 Å². The van der Waals surface area contributed by atoms with Crippen LogP contribution in [-0.2, 0) is 5.54 Å². The summed E-state index contributed by atoms with van der Waals surface area (Å²) in [6, 6.07) is 29.7. The predicted molar refractivity (Wildman–Crippen MR) is 177 cm³/mol. The third kappa shape index (κ3) is 3.66. The first-order chi connectivity index (χ1) is 21.0. The van der Waals surface area contributed by atoms with Gasteiger partial charge < -0.3 is 14.5 Å². The number of nitrogens with one attached hydrogen (secondary N) is 1. The molecule has 1 spiro atoms. The number of hydrogen-bond acceptors (Lipinski definition) is 5. The molecule has 2 heterocycles. The molecule has 6 heteroatoms. The molecule has 0 fully saturated rings. The molecule has 6 nitrogen and oxygen atoms in total. The molecule has 0 aromatic heterocycles. The van der Waals surface area contributed by atoms with Gasteiger partial charge in [-0.15, -0.1) is 0 Å². The molecule has 1 atom stereocenters. The van der Waals surface area contributed by atoms with Crippen LogP contribution >= 0.6 is 0 Å². The molecule has 5 aromatic carbocycles. The number of carbonyl (C=O) groups is 1. The van der Waals surface area contributed by atoms with Gasteiger partial charge in [0.1, 0.15) is 17.0 Å². The first-order valence-corrected chi connectivity index (χ1v) is 15.5. The fraction of sp³-hybridized carbons (Fsp3) is 0.270. The number of benzene rings is 5. The fourth-order valence-electron chi connectivity index (χ4n) is 7.44. The Hall–Kier alpha value is -4.55. The van der Waals surface area contributed by atoms with Crippen LogP contribution < -0.4 is 20.0 Å². The number of hydrazine groups is 1. The van der Waals surface area contributed by atoms with Crippen LogP contribution in [0, 0.1) is 0 Å². The highest BCUT2D eigenvalue weighted by molar-refractivity contribution is 6.06. The number of hydrogen-bond donors (Lipinski definition) is 1. The van der Waals surface area contributed by atoms with Gasteiger partial charge in [-0.05, 0) is 68.8 Å². The minimum absolute atomic E-state index is 0.0500. The Morgan fingerprint density at radius 2 is 1.42 bits per heavy atom. The van der Waals surface area contributed by atoms with Gasteiger partial charge in [0.2, 0.25) is 0 Å². The largest absolute Gasteiger partial charge is 0.455 e. The summed E-state index contributed by atoms with van der Waals surface area (Å²) in [6.45, 7) is 12.4. The van der Waals surface area contributed by atoms with Crippen molar-refractivity contribution in [2.75, 3.05) is 43.0 Å². The van der Waals surface area contributed by atoms with Crippen molar-refractivity contribution >= 4 is 38.8 Å². The Balaban J connectivity index is 1.62. The number of rotatable bonds is 7. The minimum atomic E-state index is -0.915. The molecule has 218 valence electrons. The van der Waals surface area contributed by atoms with Crippen LogP contribution in [0.2, 0.25) is 0 Å². The molecule has 0 radical (unpaired) electrons. The molecule has 2 aliphatic heterocycles. The highest BCUT2D eigenvalue weighted by Crippen LogP contribution is 2.60. The monoisotopic (exact) mass is 570 g/mol. The molecular formula is C37H38N4O2. The summed E-state index contributed by atoms with van der Waals surface area (Å²) in [5, 5.41) is 6.13. The number of nitrogens with zero attached hydrogens (tertiary/aromatic N) is 3. The summed E-state index contributed by atoms with van der Waals surface area (Å²) < 4.78 is 7.16. The fourth-order valence-corrected chi connectivity index (χ4v) is 7.44. The standard InChI is InChI=1S/C37H38N4O2/c1-6-39(7-2)26-19-20-27-25(23-26)18-22-30-34(27)43-35-31(21-17-24-13-12-16-32(33(24)35)40(8-3)9-4)37(30)29-15-11-10-14-28(29)36(42)41(37)38-5/h10-23,38H,6-9H2,1-5H3. The second-order valence-electron chi connectivity index (χ2n) is 11.2. The van der Waals surface area contributed by atoms with E-state index in [0.717, 1.165) is 81.6 Å². The van der Waals surface area contributed by atoms with Crippen molar-refractivity contribution in [1.29, 1.82) is 0 Å². The molecule has 1 amide bonds. The van der Waals surface area contributed by atoms with E-state index in [1.165, 1.54) is 5.69 Å². The second-order valence-corrected chi connectivity index (χ2v) is 11.2. The lowest BCUT2D eigenvalue weighted by atomic mass is 9.74. The summed E-state index contributed by atoms with van der Waals surface area (Å²) in [5.74, 6) is 1.55. The van der Waals surface area contributed by atoms with E-state index >= 15 is 0 Å². The Labute approximate surface area is 253 Å². The van der Waals surface area contributed by atoms with Crippen molar-refractivity contribution in [2.45, 2.75) is 33.2 Å². The topological polar surface area (TPSA) is 48.1 Å². The van der Waals surface area contributed by atoms with E-state index in [0.29, 0.717) is 5.56 Å². The van der Waals surface area contributed by atoms with Gasteiger partial charge in [0.25, 0.3) is 5.91 Å². The summed E-state index contributed by atoms with van der Waals surface area (Å²) in [6.07, 6.45) is 0. The van der Waals surface area contributed by atoms with Gasteiger partial charge in [0.05, 0.1) is 0 Å². The summed E-state index contributed by atoms with van der Waals surface area (Å²) >= 11 is 0. The normalized spacial score (nSPS) is 16.8. The number of anilines is 2. The first-order valence-electron chi connectivity index (χ1n) is 15.5. The van der Waals surface area contributed by atoms with Crippen LogP contribution in [0.15, 0.2) is 84.9 Å². The highest BCUT2D eigenvalue weighted by atomic mass is 16.5. The van der Waals surface area contributed by atoms with Crippen molar-refractivity contribution in [3.8, 4) is 11.5 Å². The Morgan fingerprint density at radius 3 is 2.14 bits per heavy atom. The van der Waals surface area contributed by atoms with Gasteiger partial charge in [0, 0.05) is 77.6 Å². The van der Waals surface area contributed by atoms with Gasteiger partial charge >= 0.3 is 0 Å². The van der Waals surface area contributed by atoms with E-state index in [2.05, 4.69) is 110 Å². The first kappa shape index (κ1) is 27.3. The molecule has 5 aromatic rings. The average molecular weight is 571 g/mol. The van der Waals surface area contributed by atoms with E-state index < -0.39 is 5.54 Å². The molecule has 0 aliphatic carbocycles. The number of amides is 1. The van der Waals surface area contributed by atoms with Crippen LogP contribution in [0.5, 0.6) is 11.5 Å². The predicted octanol–water partition coefficient (Wildman–Crippen LogP) is 7.67. The summed E-state index contributed by atoms with van der Waals surface area (Å²) in [4.78, 5) is 18.8. The molecule has 0 saturated carbocycles. The van der Waals surface area contributed by atoms with Crippen molar-refractivity contribution < 1.29 is 9.53 Å². The van der Waals surface area contributed by atoms with Crippen LogP contribution in [-0.4, -0.2) is 44.1 Å². The molecule has 0 saturated heterocycles. The van der Waals surface area contributed by atoms with Crippen LogP contribution in [0.3, 0.4) is 0 Å². The second kappa shape index (κ2) is 10.3. The van der Waals surface area contributed by atoms with Crippen LogP contribution in [0.1, 0.15) is 54.7 Å². The number of ether oxygens (including phenoxy) is 1. The molecular weight excluding hydrogens is 532 g/mol. The van der Waals surface area contributed by atoms with E-state index in [9.17, 15) is 4.79 Å². The highest BCUT2D eigenvalue weighted by Gasteiger charge is 2.57. The average Bonchev–Trinajstić information content (AvgIpc) is 3.29. The lowest BCUT2D eigenvalue weighted by Crippen LogP contribution is -2.52. The van der Waals surface area contributed by atoms with Gasteiger partial charge in [-0.25, -0.2) is 5.43 Å². The summed E-state index contributed by atoms with van der Waals surface area (Å²) in [7, 11) is 1.83. The van der Waals surface area contributed by atoms with Crippen molar-refractivity contribution in [3.63, 3.8) is 0 Å². The maximum atomic E-state index is 14.1. The summed E-state index contributed by atoms with van der Waals surface area (Å²) in [5.41, 5.74) is 8.29. The third-order valence-corrected chi connectivity index (χ3v) is 9.46. The lowest BCUT2D eigenvalue weighted by Gasteiger charge is -2.44. The number of fused-ring (bicyclic) bond motifs is 10. The van der Waals surface area contributed by atoms with Crippen molar-refractivity contribution in [2.24, 2.45) is 0 Å². The van der Waals surface area contributed by atoms with E-state index in [1.54, 1.807) is 5.01 Å². The smallest absolute Gasteiger partial charge is 0.269 e. The van der Waals surface area contributed by atoms with Gasteiger partial charge in [-0.1, -0.05) is 54.6 Å². The van der Waals surface area contributed by atoms with Gasteiger partial charge in [0.15, 0.2) is 0 Å². The molecule has 7 rings (SSSR count). The Kier molecular flexibility index (Phi) is 6.55. The zero-order valence-electron chi connectivity index (χ0n) is 25.6. The molecule has 43 heavy (non-hydrogen) atoms. The quantitative estimate of drug-likeness (QED) is 0.218. The number of carbonyl (C=O) groups excluding carboxylic acids is 1. The minimum Gasteiger partial charge on any atom is -0.455 e. The molecule has 1 unspecified atom stereocenters. The van der Waals surface area contributed by atoms with E-state index in [1.807, 2.05) is 25.2 Å². The molecule has 0 bridgehead atoms.